The zero-order chi connectivity index (χ0) is 14.8. The molecular weight excluding hydrogens is 288 g/mol. The van der Waals surface area contributed by atoms with Gasteiger partial charge in [-0.2, -0.15) is 0 Å². The maximum Gasteiger partial charge on any atom is 0.156 e. The number of aliphatic imine (C=N–C) groups is 2. The third kappa shape index (κ3) is 5.46. The van der Waals surface area contributed by atoms with Crippen molar-refractivity contribution >= 4 is 33.9 Å². The minimum absolute atomic E-state index is 0.919. The normalized spacial score (nSPS) is 12.4. The molecule has 0 saturated carbocycles. The second-order valence-corrected chi connectivity index (χ2v) is 5.83. The van der Waals surface area contributed by atoms with Gasteiger partial charge in [0.05, 0.1) is 0 Å². The summed E-state index contributed by atoms with van der Waals surface area (Å²) < 4.78 is 0. The van der Waals surface area contributed by atoms with E-state index in [1.807, 2.05) is 14.1 Å². The Morgan fingerprint density at radius 2 is 1.30 bits per heavy atom. The number of hydrogen-bond acceptors (Lipinski definition) is 4. The van der Waals surface area contributed by atoms with Crippen molar-refractivity contribution in [3.05, 3.63) is 35.4 Å². The Morgan fingerprint density at radius 3 is 1.60 bits per heavy atom. The van der Waals surface area contributed by atoms with Gasteiger partial charge in [0, 0.05) is 39.7 Å². The van der Waals surface area contributed by atoms with Gasteiger partial charge in [-0.25, -0.2) is 0 Å². The van der Waals surface area contributed by atoms with Crippen LogP contribution >= 0.6 is 23.5 Å². The predicted octanol–water partition coefficient (Wildman–Crippen LogP) is 2.56. The van der Waals surface area contributed by atoms with Gasteiger partial charge >= 0.3 is 0 Å². The quantitative estimate of drug-likeness (QED) is 0.663. The first kappa shape index (κ1) is 16.9. The van der Waals surface area contributed by atoms with Crippen LogP contribution in [0, 0.1) is 0 Å². The Balaban J connectivity index is 2.68. The second-order valence-electron chi connectivity index (χ2n) is 3.90. The molecule has 0 amide bonds. The smallest absolute Gasteiger partial charge is 0.156 e. The number of amidine groups is 2. The minimum atomic E-state index is 0.919. The van der Waals surface area contributed by atoms with E-state index in [1.54, 1.807) is 37.6 Å². The first-order valence-electron chi connectivity index (χ1n) is 6.36. The highest BCUT2D eigenvalue weighted by atomic mass is 32.2. The van der Waals surface area contributed by atoms with Crippen molar-refractivity contribution in [2.45, 2.75) is 11.5 Å². The van der Waals surface area contributed by atoms with E-state index in [0.717, 1.165) is 21.8 Å². The van der Waals surface area contributed by atoms with Crippen LogP contribution < -0.4 is 10.6 Å². The lowest BCUT2D eigenvalue weighted by atomic mass is 10.1. The molecule has 0 fully saturated rings. The summed E-state index contributed by atoms with van der Waals surface area (Å²) in [6.07, 6.45) is 0. The largest absolute Gasteiger partial charge is 0.368 e. The Morgan fingerprint density at radius 1 is 0.900 bits per heavy atom. The van der Waals surface area contributed by atoms with Crippen LogP contribution in [-0.2, 0) is 11.5 Å². The zero-order valence-electron chi connectivity index (χ0n) is 12.4. The summed E-state index contributed by atoms with van der Waals surface area (Å²) in [5.74, 6) is 1.84. The molecule has 0 heterocycles. The fourth-order valence-corrected chi connectivity index (χ4v) is 3.32. The van der Waals surface area contributed by atoms with E-state index >= 15 is 0 Å². The highest BCUT2D eigenvalue weighted by molar-refractivity contribution is 8.13. The molecule has 0 aromatic heterocycles. The lowest BCUT2D eigenvalue weighted by Gasteiger charge is -2.10. The maximum atomic E-state index is 4.19. The average Bonchev–Trinajstić information content (AvgIpc) is 2.50. The number of nitrogens with one attached hydrogen (secondary N) is 2. The molecule has 0 unspecified atom stereocenters. The Hall–Kier alpha value is -1.14. The Bertz CT molecular complexity index is 429. The van der Waals surface area contributed by atoms with Crippen molar-refractivity contribution in [3.63, 3.8) is 0 Å². The molecule has 0 radical (unpaired) electrons. The molecule has 1 aromatic rings. The topological polar surface area (TPSA) is 48.8 Å². The van der Waals surface area contributed by atoms with Crippen LogP contribution in [0.1, 0.15) is 11.1 Å². The SMILES string of the molecule is C/N=C(\NC)SCc1ccccc1CS/C(=N/C)NC. The molecule has 0 bridgehead atoms. The fraction of sp³-hybridized carbons (Fsp3) is 0.429. The molecular formula is C14H22N4S2. The molecule has 0 saturated heterocycles. The molecule has 1 rings (SSSR count). The van der Waals surface area contributed by atoms with Crippen molar-refractivity contribution in [1.82, 2.24) is 10.6 Å². The van der Waals surface area contributed by atoms with Crippen molar-refractivity contribution in [2.24, 2.45) is 9.98 Å². The van der Waals surface area contributed by atoms with Crippen molar-refractivity contribution in [2.75, 3.05) is 28.2 Å². The van der Waals surface area contributed by atoms with Crippen LogP contribution in [0.4, 0.5) is 0 Å². The summed E-state index contributed by atoms with van der Waals surface area (Å²) in [7, 11) is 7.40. The highest BCUT2D eigenvalue weighted by Crippen LogP contribution is 2.21. The van der Waals surface area contributed by atoms with Crippen LogP contribution in [0.25, 0.3) is 0 Å². The van der Waals surface area contributed by atoms with Gasteiger partial charge in [0.1, 0.15) is 0 Å². The van der Waals surface area contributed by atoms with Gasteiger partial charge in [0.25, 0.3) is 0 Å². The summed E-state index contributed by atoms with van der Waals surface area (Å²) in [5, 5.41) is 8.09. The molecule has 110 valence electrons. The first-order chi connectivity index (χ1) is 9.74. The van der Waals surface area contributed by atoms with Gasteiger partial charge in [0.2, 0.25) is 0 Å². The van der Waals surface area contributed by atoms with E-state index in [2.05, 4.69) is 44.9 Å². The van der Waals surface area contributed by atoms with Gasteiger partial charge in [-0.3, -0.25) is 9.98 Å². The summed E-state index contributed by atoms with van der Waals surface area (Å²) in [4.78, 5) is 8.37. The molecule has 0 spiro atoms. The molecule has 0 aliphatic carbocycles. The van der Waals surface area contributed by atoms with E-state index in [9.17, 15) is 0 Å². The van der Waals surface area contributed by atoms with E-state index in [4.69, 9.17) is 0 Å². The van der Waals surface area contributed by atoms with Gasteiger partial charge in [-0.15, -0.1) is 0 Å². The van der Waals surface area contributed by atoms with Gasteiger partial charge in [-0.1, -0.05) is 47.8 Å². The van der Waals surface area contributed by atoms with Gasteiger partial charge in [0.15, 0.2) is 10.3 Å². The number of nitrogens with zero attached hydrogens (tertiary/aromatic N) is 2. The molecule has 2 N–H and O–H groups in total. The Kier molecular flexibility index (Phi) is 8.22. The molecule has 0 aliphatic heterocycles. The predicted molar refractivity (Wildman–Crippen MR) is 93.9 cm³/mol. The summed E-state index contributed by atoms with van der Waals surface area (Å²) >= 11 is 3.44. The minimum Gasteiger partial charge on any atom is -0.368 e. The van der Waals surface area contributed by atoms with E-state index in [0.29, 0.717) is 0 Å². The number of thioether (sulfide) groups is 2. The second kappa shape index (κ2) is 9.72. The fourth-order valence-electron chi connectivity index (χ4n) is 1.63. The maximum absolute atomic E-state index is 4.19. The van der Waals surface area contributed by atoms with Crippen LogP contribution in [0.2, 0.25) is 0 Å². The lowest BCUT2D eigenvalue weighted by molar-refractivity contribution is 1.18. The Labute approximate surface area is 129 Å². The summed E-state index contributed by atoms with van der Waals surface area (Å²) in [6, 6.07) is 8.51. The number of rotatable bonds is 4. The first-order valence-corrected chi connectivity index (χ1v) is 8.33. The molecule has 20 heavy (non-hydrogen) atoms. The molecule has 0 atom stereocenters. The highest BCUT2D eigenvalue weighted by Gasteiger charge is 2.06. The van der Waals surface area contributed by atoms with Crippen LogP contribution in [0.15, 0.2) is 34.3 Å². The van der Waals surface area contributed by atoms with Crippen molar-refractivity contribution in [3.8, 4) is 0 Å². The molecule has 4 nitrogen and oxygen atoms in total. The van der Waals surface area contributed by atoms with Crippen LogP contribution in [-0.4, -0.2) is 38.5 Å². The molecule has 6 heteroatoms. The average molecular weight is 310 g/mol. The van der Waals surface area contributed by atoms with E-state index in [1.165, 1.54) is 11.1 Å². The zero-order valence-corrected chi connectivity index (χ0v) is 14.1. The monoisotopic (exact) mass is 310 g/mol. The van der Waals surface area contributed by atoms with Gasteiger partial charge in [-0.05, 0) is 11.1 Å². The lowest BCUT2D eigenvalue weighted by Crippen LogP contribution is -2.15. The number of hydrogen-bond donors (Lipinski definition) is 2. The van der Waals surface area contributed by atoms with E-state index in [-0.39, 0.29) is 0 Å². The van der Waals surface area contributed by atoms with Crippen LogP contribution in [0.5, 0.6) is 0 Å². The number of benzene rings is 1. The van der Waals surface area contributed by atoms with Crippen molar-refractivity contribution in [1.29, 1.82) is 0 Å². The summed E-state index contributed by atoms with van der Waals surface area (Å²) in [6.45, 7) is 0. The summed E-state index contributed by atoms with van der Waals surface area (Å²) in [5.41, 5.74) is 2.68. The molecule has 0 aliphatic rings. The standard InChI is InChI=1S/C14H22N4S2/c1-15-13(16-2)19-9-11-7-5-6-8-12(11)10-20-14(17-3)18-4/h5-8H,9-10H2,1-4H3,(H,15,16)(H,17,18). The van der Waals surface area contributed by atoms with E-state index < -0.39 is 0 Å². The third-order valence-electron chi connectivity index (χ3n) is 2.68. The molecule has 1 aromatic carbocycles. The van der Waals surface area contributed by atoms with Gasteiger partial charge < -0.3 is 10.6 Å². The van der Waals surface area contributed by atoms with Crippen LogP contribution in [0.3, 0.4) is 0 Å². The van der Waals surface area contributed by atoms with Crippen molar-refractivity contribution < 1.29 is 0 Å². The third-order valence-corrected chi connectivity index (χ3v) is 4.91.